The van der Waals surface area contributed by atoms with Crippen molar-refractivity contribution in [2.24, 2.45) is 4.99 Å². The van der Waals surface area contributed by atoms with Crippen LogP contribution in [0, 0.1) is 0 Å². The van der Waals surface area contributed by atoms with Crippen LogP contribution in [0.1, 0.15) is 6.92 Å². The molecule has 0 fully saturated rings. The van der Waals surface area contributed by atoms with Gasteiger partial charge in [0.2, 0.25) is 0 Å². The monoisotopic (exact) mass is 313 g/mol. The summed E-state index contributed by atoms with van der Waals surface area (Å²) in [4.78, 5) is 16.1. The van der Waals surface area contributed by atoms with Crippen LogP contribution in [0.2, 0.25) is 0 Å². The van der Waals surface area contributed by atoms with Gasteiger partial charge in [0, 0.05) is 0 Å². The molecule has 0 spiro atoms. The molecule has 1 aliphatic heterocycles. The van der Waals surface area contributed by atoms with Gasteiger partial charge >= 0.3 is 0 Å². The Kier molecular flexibility index (Phi) is 6.03. The van der Waals surface area contributed by atoms with Crippen molar-refractivity contribution in [3.05, 3.63) is 66.7 Å². The molecule has 0 aromatic heterocycles. The lowest BCUT2D eigenvalue weighted by Crippen LogP contribution is -2.38. The zero-order chi connectivity index (χ0) is 15.8. The predicted octanol–water partition coefficient (Wildman–Crippen LogP) is 3.65. The van der Waals surface area contributed by atoms with E-state index in [0.717, 1.165) is 5.69 Å². The maximum absolute atomic E-state index is 11.8. The molecular formula is C17H19N3OS. The highest BCUT2D eigenvalue weighted by Gasteiger charge is 2.31. The van der Waals surface area contributed by atoms with E-state index in [1.165, 1.54) is 16.8 Å². The summed E-state index contributed by atoms with van der Waals surface area (Å²) in [5.41, 5.74) is 3.94. The van der Waals surface area contributed by atoms with Crippen molar-refractivity contribution in [1.82, 2.24) is 5.01 Å². The number of carbonyl (C=O) groups is 1. The van der Waals surface area contributed by atoms with Crippen LogP contribution in [-0.2, 0) is 4.79 Å². The van der Waals surface area contributed by atoms with Crippen molar-refractivity contribution in [1.29, 1.82) is 0 Å². The first kappa shape index (κ1) is 16.1. The standard InChI is InChI=1S/C11H13N3OS.C6H6/c1-8-10(15)14(11(12-8)16-2)13-9-6-4-3-5-7-9;1-2-4-6-5-3-1/h3-8,13H,1-2H3;1-6H/t8-;/m1./s1. The van der Waals surface area contributed by atoms with E-state index in [4.69, 9.17) is 0 Å². The minimum absolute atomic E-state index is 0.0202. The van der Waals surface area contributed by atoms with Crippen molar-refractivity contribution >= 4 is 28.5 Å². The summed E-state index contributed by atoms with van der Waals surface area (Å²) in [6, 6.07) is 21.3. The second kappa shape index (κ2) is 8.24. The number of hydrazine groups is 1. The van der Waals surface area contributed by atoms with Crippen LogP contribution in [0.3, 0.4) is 0 Å². The quantitative estimate of drug-likeness (QED) is 0.920. The molecule has 5 heteroatoms. The fourth-order valence-corrected chi connectivity index (χ4v) is 2.42. The van der Waals surface area contributed by atoms with Gasteiger partial charge in [-0.2, -0.15) is 5.01 Å². The SMILES string of the molecule is CSC1=N[C@H](C)C(=O)N1Nc1ccccc1.c1ccccc1. The number of nitrogens with zero attached hydrogens (tertiary/aromatic N) is 2. The van der Waals surface area contributed by atoms with Gasteiger partial charge in [-0.25, -0.2) is 4.99 Å². The Bertz CT molecular complexity index is 590. The molecule has 1 N–H and O–H groups in total. The maximum atomic E-state index is 11.8. The number of anilines is 1. The number of thioether (sulfide) groups is 1. The van der Waals surface area contributed by atoms with E-state index in [0.29, 0.717) is 5.17 Å². The fourth-order valence-electron chi connectivity index (χ4n) is 1.83. The van der Waals surface area contributed by atoms with Gasteiger partial charge in [-0.05, 0) is 25.3 Å². The third-order valence-corrected chi connectivity index (χ3v) is 3.59. The van der Waals surface area contributed by atoms with Crippen molar-refractivity contribution in [2.45, 2.75) is 13.0 Å². The number of rotatable bonds is 2. The molecule has 3 rings (SSSR count). The first-order valence-electron chi connectivity index (χ1n) is 7.00. The molecule has 0 unspecified atom stereocenters. The van der Waals surface area contributed by atoms with Crippen molar-refractivity contribution < 1.29 is 4.79 Å². The number of aliphatic imine (C=N–C) groups is 1. The third-order valence-electron chi connectivity index (χ3n) is 2.94. The van der Waals surface area contributed by atoms with E-state index < -0.39 is 0 Å². The number of benzene rings is 2. The molecule has 1 heterocycles. The van der Waals surface area contributed by atoms with Gasteiger partial charge < -0.3 is 0 Å². The molecular weight excluding hydrogens is 294 g/mol. The maximum Gasteiger partial charge on any atom is 0.272 e. The molecule has 2 aromatic rings. The molecule has 22 heavy (non-hydrogen) atoms. The Morgan fingerprint density at radius 3 is 2.00 bits per heavy atom. The largest absolute Gasteiger partial charge is 0.289 e. The lowest BCUT2D eigenvalue weighted by Gasteiger charge is -2.19. The molecule has 0 radical (unpaired) electrons. The molecule has 0 saturated heterocycles. The summed E-state index contributed by atoms with van der Waals surface area (Å²) < 4.78 is 0. The normalized spacial score (nSPS) is 16.6. The number of amides is 1. The van der Waals surface area contributed by atoms with E-state index in [1.54, 1.807) is 6.92 Å². The number of carbonyl (C=O) groups excluding carboxylic acids is 1. The second-order valence-corrected chi connectivity index (χ2v) is 5.37. The van der Waals surface area contributed by atoms with Gasteiger partial charge in [0.15, 0.2) is 5.17 Å². The van der Waals surface area contributed by atoms with Gasteiger partial charge in [-0.1, -0.05) is 66.4 Å². The van der Waals surface area contributed by atoms with Crippen molar-refractivity contribution in [2.75, 3.05) is 11.7 Å². The summed E-state index contributed by atoms with van der Waals surface area (Å²) in [5, 5.41) is 2.21. The third kappa shape index (κ3) is 4.36. The number of amidine groups is 1. The molecule has 0 saturated carbocycles. The zero-order valence-corrected chi connectivity index (χ0v) is 13.5. The molecule has 1 amide bonds. The fraction of sp³-hybridized carbons (Fsp3) is 0.176. The van der Waals surface area contributed by atoms with Gasteiger partial charge in [-0.3, -0.25) is 10.2 Å². The number of nitrogens with one attached hydrogen (secondary N) is 1. The van der Waals surface area contributed by atoms with E-state index in [9.17, 15) is 4.79 Å². The van der Waals surface area contributed by atoms with Crippen LogP contribution in [0.15, 0.2) is 71.7 Å². The van der Waals surface area contributed by atoms with Crippen LogP contribution >= 0.6 is 11.8 Å². The van der Waals surface area contributed by atoms with Crippen LogP contribution < -0.4 is 5.43 Å². The van der Waals surface area contributed by atoms with Crippen molar-refractivity contribution in [3.63, 3.8) is 0 Å². The zero-order valence-electron chi connectivity index (χ0n) is 12.6. The van der Waals surface area contributed by atoms with Crippen molar-refractivity contribution in [3.8, 4) is 0 Å². The van der Waals surface area contributed by atoms with Gasteiger partial charge in [0.05, 0.1) is 5.69 Å². The Labute approximate surface area is 135 Å². The summed E-state index contributed by atoms with van der Waals surface area (Å²) in [5.74, 6) is -0.0202. The Morgan fingerprint density at radius 1 is 1.00 bits per heavy atom. The summed E-state index contributed by atoms with van der Waals surface area (Å²) in [6.45, 7) is 1.80. The molecule has 2 aromatic carbocycles. The van der Waals surface area contributed by atoms with E-state index in [-0.39, 0.29) is 11.9 Å². The summed E-state index contributed by atoms with van der Waals surface area (Å²) >= 11 is 1.46. The minimum atomic E-state index is -0.293. The number of hydrogen-bond acceptors (Lipinski definition) is 4. The average molecular weight is 313 g/mol. The Balaban J connectivity index is 0.000000246. The predicted molar refractivity (Wildman–Crippen MR) is 93.8 cm³/mol. The molecule has 0 bridgehead atoms. The van der Waals surface area contributed by atoms with Crippen LogP contribution in [0.5, 0.6) is 0 Å². The molecule has 0 aliphatic carbocycles. The first-order chi connectivity index (χ1) is 10.7. The topological polar surface area (TPSA) is 44.7 Å². The Morgan fingerprint density at radius 2 is 1.50 bits per heavy atom. The van der Waals surface area contributed by atoms with Crippen LogP contribution in [0.25, 0.3) is 0 Å². The lowest BCUT2D eigenvalue weighted by atomic mass is 10.3. The number of para-hydroxylation sites is 1. The molecule has 4 nitrogen and oxygen atoms in total. The second-order valence-electron chi connectivity index (χ2n) is 4.60. The highest BCUT2D eigenvalue weighted by Crippen LogP contribution is 2.19. The summed E-state index contributed by atoms with van der Waals surface area (Å²) in [6.07, 6.45) is 1.91. The van der Waals surface area contributed by atoms with Crippen LogP contribution in [-0.4, -0.2) is 28.4 Å². The smallest absolute Gasteiger partial charge is 0.272 e. The molecule has 114 valence electrons. The first-order valence-corrected chi connectivity index (χ1v) is 8.22. The van der Waals surface area contributed by atoms with Crippen LogP contribution in [0.4, 0.5) is 5.69 Å². The molecule has 1 aliphatic rings. The molecule has 1 atom stereocenters. The van der Waals surface area contributed by atoms with Gasteiger partial charge in [0.25, 0.3) is 5.91 Å². The van der Waals surface area contributed by atoms with E-state index in [1.807, 2.05) is 73.0 Å². The summed E-state index contributed by atoms with van der Waals surface area (Å²) in [7, 11) is 0. The minimum Gasteiger partial charge on any atom is -0.289 e. The average Bonchev–Trinajstić information content (AvgIpc) is 2.86. The van der Waals surface area contributed by atoms with Gasteiger partial charge in [-0.15, -0.1) is 0 Å². The highest BCUT2D eigenvalue weighted by molar-refractivity contribution is 8.13. The lowest BCUT2D eigenvalue weighted by molar-refractivity contribution is -0.126. The highest BCUT2D eigenvalue weighted by atomic mass is 32.2. The number of hydrogen-bond donors (Lipinski definition) is 1. The van der Waals surface area contributed by atoms with E-state index in [2.05, 4.69) is 10.4 Å². The van der Waals surface area contributed by atoms with E-state index >= 15 is 0 Å². The Hall–Kier alpha value is -2.27. The van der Waals surface area contributed by atoms with Gasteiger partial charge in [0.1, 0.15) is 6.04 Å².